The summed E-state index contributed by atoms with van der Waals surface area (Å²) >= 11 is 1.70. The first kappa shape index (κ1) is 13.8. The lowest BCUT2D eigenvalue weighted by Gasteiger charge is -2.10. The van der Waals surface area contributed by atoms with Crippen molar-refractivity contribution in [2.75, 3.05) is 18.5 Å². The molecular weight excluding hydrogens is 258 g/mol. The van der Waals surface area contributed by atoms with Crippen LogP contribution in [0.3, 0.4) is 0 Å². The average Bonchev–Trinajstić information content (AvgIpc) is 2.83. The fraction of sp³-hybridized carbons (Fsp3) is 0.429. The Labute approximate surface area is 117 Å². The van der Waals surface area contributed by atoms with Crippen LogP contribution in [0.1, 0.15) is 24.0 Å². The number of anilines is 1. The van der Waals surface area contributed by atoms with Crippen molar-refractivity contribution in [3.63, 3.8) is 0 Å². The Bertz CT molecular complexity index is 513. The first-order chi connectivity index (χ1) is 9.29. The molecule has 0 saturated heterocycles. The molecule has 0 saturated carbocycles. The third-order valence-electron chi connectivity index (χ3n) is 2.53. The molecule has 102 valence electrons. The van der Waals surface area contributed by atoms with Gasteiger partial charge in [-0.2, -0.15) is 0 Å². The molecule has 0 unspecified atom stereocenters. The summed E-state index contributed by atoms with van der Waals surface area (Å²) in [6, 6.07) is 3.83. The van der Waals surface area contributed by atoms with Crippen LogP contribution in [-0.2, 0) is 6.42 Å². The van der Waals surface area contributed by atoms with E-state index < -0.39 is 0 Å². The predicted molar refractivity (Wildman–Crippen MR) is 79.1 cm³/mol. The van der Waals surface area contributed by atoms with E-state index in [0.717, 1.165) is 41.7 Å². The van der Waals surface area contributed by atoms with Crippen molar-refractivity contribution in [1.82, 2.24) is 9.97 Å². The highest BCUT2D eigenvalue weighted by Crippen LogP contribution is 2.21. The van der Waals surface area contributed by atoms with E-state index >= 15 is 0 Å². The Morgan fingerprint density at radius 2 is 2.32 bits per heavy atom. The first-order valence-corrected chi connectivity index (χ1v) is 7.40. The third kappa shape index (κ3) is 4.21. The van der Waals surface area contributed by atoms with Gasteiger partial charge in [-0.25, -0.2) is 9.97 Å². The molecule has 0 aromatic carbocycles. The minimum absolute atomic E-state index is 0.714. The molecule has 1 N–H and O–H groups in total. The summed E-state index contributed by atoms with van der Waals surface area (Å²) in [5, 5.41) is 6.54. The maximum atomic E-state index is 5.66. The number of nitrogens with zero attached hydrogens (tertiary/aromatic N) is 2. The van der Waals surface area contributed by atoms with Gasteiger partial charge in [0.15, 0.2) is 11.6 Å². The van der Waals surface area contributed by atoms with Gasteiger partial charge in [-0.05, 0) is 25.5 Å². The lowest BCUT2D eigenvalue weighted by molar-refractivity contribution is 0.318. The maximum absolute atomic E-state index is 5.66. The highest BCUT2D eigenvalue weighted by Gasteiger charge is 2.04. The van der Waals surface area contributed by atoms with E-state index in [4.69, 9.17) is 4.74 Å². The molecule has 0 spiro atoms. The summed E-state index contributed by atoms with van der Waals surface area (Å²) in [5.74, 6) is 1.63. The lowest BCUT2D eigenvalue weighted by atomic mass is 10.4. The van der Waals surface area contributed by atoms with Gasteiger partial charge in [0.05, 0.1) is 11.6 Å². The number of aromatic nitrogens is 2. The topological polar surface area (TPSA) is 47.0 Å². The molecule has 0 aliphatic heterocycles. The molecule has 2 aromatic heterocycles. The Hall–Kier alpha value is -1.62. The van der Waals surface area contributed by atoms with Gasteiger partial charge in [0.1, 0.15) is 0 Å². The van der Waals surface area contributed by atoms with Gasteiger partial charge >= 0.3 is 0 Å². The summed E-state index contributed by atoms with van der Waals surface area (Å²) in [6.07, 6.45) is 3.67. The molecule has 0 fully saturated rings. The quantitative estimate of drug-likeness (QED) is 0.843. The molecule has 0 amide bonds. The van der Waals surface area contributed by atoms with Crippen LogP contribution in [0.5, 0.6) is 5.75 Å². The van der Waals surface area contributed by atoms with E-state index in [1.807, 2.05) is 19.1 Å². The zero-order chi connectivity index (χ0) is 13.5. The van der Waals surface area contributed by atoms with Crippen molar-refractivity contribution >= 4 is 17.2 Å². The van der Waals surface area contributed by atoms with Crippen LogP contribution in [0.2, 0.25) is 0 Å². The van der Waals surface area contributed by atoms with Crippen LogP contribution in [0.15, 0.2) is 23.7 Å². The molecule has 0 aliphatic rings. The largest absolute Gasteiger partial charge is 0.490 e. The van der Waals surface area contributed by atoms with Gasteiger partial charge in [0.25, 0.3) is 0 Å². The summed E-state index contributed by atoms with van der Waals surface area (Å²) in [6.45, 7) is 5.63. The fourth-order valence-corrected chi connectivity index (χ4v) is 2.43. The van der Waals surface area contributed by atoms with Crippen molar-refractivity contribution < 1.29 is 4.74 Å². The third-order valence-corrected chi connectivity index (χ3v) is 3.56. The SMILES string of the molecule is CCCOc1cccnc1NCCc1nc(C)cs1. The number of thiazole rings is 1. The van der Waals surface area contributed by atoms with Crippen LogP contribution in [0.25, 0.3) is 0 Å². The molecule has 5 heteroatoms. The van der Waals surface area contributed by atoms with Crippen molar-refractivity contribution in [1.29, 1.82) is 0 Å². The number of aryl methyl sites for hydroxylation is 1. The van der Waals surface area contributed by atoms with Crippen LogP contribution in [-0.4, -0.2) is 23.1 Å². The van der Waals surface area contributed by atoms with Crippen molar-refractivity contribution in [3.05, 3.63) is 34.4 Å². The van der Waals surface area contributed by atoms with E-state index in [9.17, 15) is 0 Å². The maximum Gasteiger partial charge on any atom is 0.168 e. The number of rotatable bonds is 7. The predicted octanol–water partition coefficient (Wildman–Crippen LogP) is 3.29. The van der Waals surface area contributed by atoms with Crippen molar-refractivity contribution in [2.24, 2.45) is 0 Å². The molecule has 2 heterocycles. The van der Waals surface area contributed by atoms with Gasteiger partial charge in [-0.15, -0.1) is 11.3 Å². The van der Waals surface area contributed by atoms with E-state index in [1.54, 1.807) is 17.5 Å². The Balaban J connectivity index is 1.88. The summed E-state index contributed by atoms with van der Waals surface area (Å²) in [7, 11) is 0. The van der Waals surface area contributed by atoms with E-state index in [1.165, 1.54) is 0 Å². The molecule has 2 rings (SSSR count). The molecule has 0 aliphatic carbocycles. The molecule has 0 radical (unpaired) electrons. The molecule has 0 bridgehead atoms. The van der Waals surface area contributed by atoms with E-state index in [2.05, 4.69) is 27.6 Å². The number of hydrogen-bond acceptors (Lipinski definition) is 5. The smallest absolute Gasteiger partial charge is 0.168 e. The van der Waals surface area contributed by atoms with Crippen molar-refractivity contribution in [3.8, 4) is 5.75 Å². The van der Waals surface area contributed by atoms with Crippen LogP contribution >= 0.6 is 11.3 Å². The number of pyridine rings is 1. The second-order valence-corrected chi connectivity index (χ2v) is 5.20. The minimum atomic E-state index is 0.714. The van der Waals surface area contributed by atoms with E-state index in [0.29, 0.717) is 6.61 Å². The Morgan fingerprint density at radius 3 is 3.05 bits per heavy atom. The number of nitrogens with one attached hydrogen (secondary N) is 1. The normalized spacial score (nSPS) is 10.4. The minimum Gasteiger partial charge on any atom is -0.490 e. The monoisotopic (exact) mass is 277 g/mol. The zero-order valence-electron chi connectivity index (χ0n) is 11.3. The van der Waals surface area contributed by atoms with Gasteiger partial charge in [-0.1, -0.05) is 6.92 Å². The van der Waals surface area contributed by atoms with Gasteiger partial charge in [0.2, 0.25) is 0 Å². The average molecular weight is 277 g/mol. The Morgan fingerprint density at radius 1 is 1.42 bits per heavy atom. The van der Waals surface area contributed by atoms with Gasteiger partial charge < -0.3 is 10.1 Å². The second kappa shape index (κ2) is 7.09. The van der Waals surface area contributed by atoms with E-state index in [-0.39, 0.29) is 0 Å². The number of ether oxygens (including phenoxy) is 1. The molecule has 0 atom stereocenters. The van der Waals surface area contributed by atoms with Crippen LogP contribution < -0.4 is 10.1 Å². The highest BCUT2D eigenvalue weighted by molar-refractivity contribution is 7.09. The molecular formula is C14H19N3OS. The standard InChI is InChI=1S/C14H19N3OS/c1-3-9-18-12-5-4-7-15-14(12)16-8-6-13-17-11(2)10-19-13/h4-5,7,10H,3,6,8-9H2,1-2H3,(H,15,16). The van der Waals surface area contributed by atoms with Crippen LogP contribution in [0, 0.1) is 6.92 Å². The Kier molecular flexibility index (Phi) is 5.15. The summed E-state index contributed by atoms with van der Waals surface area (Å²) in [4.78, 5) is 8.76. The molecule has 2 aromatic rings. The lowest BCUT2D eigenvalue weighted by Crippen LogP contribution is -2.08. The highest BCUT2D eigenvalue weighted by atomic mass is 32.1. The second-order valence-electron chi connectivity index (χ2n) is 4.26. The van der Waals surface area contributed by atoms with Gasteiger partial charge in [0, 0.05) is 30.2 Å². The summed E-state index contributed by atoms with van der Waals surface area (Å²) < 4.78 is 5.66. The first-order valence-electron chi connectivity index (χ1n) is 6.52. The summed E-state index contributed by atoms with van der Waals surface area (Å²) in [5.41, 5.74) is 1.09. The molecule has 4 nitrogen and oxygen atoms in total. The van der Waals surface area contributed by atoms with Crippen LogP contribution in [0.4, 0.5) is 5.82 Å². The molecule has 19 heavy (non-hydrogen) atoms. The fourth-order valence-electron chi connectivity index (χ4n) is 1.66. The zero-order valence-corrected chi connectivity index (χ0v) is 12.2. The van der Waals surface area contributed by atoms with Gasteiger partial charge in [-0.3, -0.25) is 0 Å². The number of hydrogen-bond donors (Lipinski definition) is 1. The van der Waals surface area contributed by atoms with Crippen molar-refractivity contribution in [2.45, 2.75) is 26.7 Å².